The second-order valence-corrected chi connectivity index (χ2v) is 4.44. The van der Waals surface area contributed by atoms with Crippen LogP contribution >= 0.6 is 11.6 Å². The van der Waals surface area contributed by atoms with Crippen LogP contribution in [0.4, 0.5) is 5.95 Å². The van der Waals surface area contributed by atoms with Crippen molar-refractivity contribution in [3.63, 3.8) is 0 Å². The summed E-state index contributed by atoms with van der Waals surface area (Å²) < 4.78 is 0. The van der Waals surface area contributed by atoms with Crippen LogP contribution in [0.5, 0.6) is 0 Å². The lowest BCUT2D eigenvalue weighted by Gasteiger charge is -2.04. The summed E-state index contributed by atoms with van der Waals surface area (Å²) in [5.74, 6) is 0.0383. The third kappa shape index (κ3) is 3.62. The molecule has 7 nitrogen and oxygen atoms in total. The first-order valence-corrected chi connectivity index (χ1v) is 6.45. The smallest absolute Gasteiger partial charge is 0.233 e. The Morgan fingerprint density at radius 2 is 2.21 bits per heavy atom. The standard InChI is InChI=1S/C11H15ClN6O/c12-9-8-10(15-6-14-8)18-11(17-9)16-7(19)4-2-1-3-5-13/h6H,1-5,13H2,(H2,14,15,16,17,18,19). The van der Waals surface area contributed by atoms with Crippen LogP contribution in [0.2, 0.25) is 5.15 Å². The SMILES string of the molecule is NCCCCCC(=O)Nc1nc(Cl)c2[nH]cnc2n1. The molecule has 0 fully saturated rings. The number of hydrogen-bond acceptors (Lipinski definition) is 5. The molecule has 2 rings (SSSR count). The van der Waals surface area contributed by atoms with Crippen LogP contribution in [0.25, 0.3) is 11.2 Å². The Morgan fingerprint density at radius 1 is 1.37 bits per heavy atom. The second kappa shape index (κ2) is 6.44. The van der Waals surface area contributed by atoms with Crippen molar-refractivity contribution in [3.05, 3.63) is 11.5 Å². The van der Waals surface area contributed by atoms with Gasteiger partial charge in [-0.2, -0.15) is 9.97 Å². The summed E-state index contributed by atoms with van der Waals surface area (Å²) in [6.45, 7) is 0.649. The number of hydrogen-bond donors (Lipinski definition) is 3. The summed E-state index contributed by atoms with van der Waals surface area (Å²) in [5.41, 5.74) is 6.37. The number of amides is 1. The van der Waals surface area contributed by atoms with E-state index in [-0.39, 0.29) is 17.0 Å². The first-order chi connectivity index (χ1) is 9.20. The minimum absolute atomic E-state index is 0.136. The van der Waals surface area contributed by atoms with Gasteiger partial charge in [-0.15, -0.1) is 0 Å². The van der Waals surface area contributed by atoms with Gasteiger partial charge in [-0.3, -0.25) is 10.1 Å². The van der Waals surface area contributed by atoms with Gasteiger partial charge in [0.15, 0.2) is 10.8 Å². The Bertz CT molecular complexity index is 569. The molecule has 2 heterocycles. The molecule has 0 unspecified atom stereocenters. The normalized spacial score (nSPS) is 10.8. The molecule has 0 spiro atoms. The van der Waals surface area contributed by atoms with Crippen molar-refractivity contribution in [1.82, 2.24) is 19.9 Å². The van der Waals surface area contributed by atoms with E-state index in [1.54, 1.807) is 0 Å². The van der Waals surface area contributed by atoms with Crippen molar-refractivity contribution in [2.24, 2.45) is 5.73 Å². The van der Waals surface area contributed by atoms with Crippen molar-refractivity contribution >= 4 is 34.6 Å². The zero-order valence-electron chi connectivity index (χ0n) is 10.3. The number of carbonyl (C=O) groups excluding carboxylic acids is 1. The first kappa shape index (κ1) is 13.7. The van der Waals surface area contributed by atoms with Crippen LogP contribution in [0.3, 0.4) is 0 Å². The van der Waals surface area contributed by atoms with Gasteiger partial charge in [0.2, 0.25) is 11.9 Å². The fourth-order valence-corrected chi connectivity index (χ4v) is 1.87. The number of H-pyrrole nitrogens is 1. The van der Waals surface area contributed by atoms with E-state index in [2.05, 4.69) is 25.3 Å². The quantitative estimate of drug-likeness (QED) is 0.549. The number of aromatic amines is 1. The Morgan fingerprint density at radius 3 is 3.00 bits per heavy atom. The van der Waals surface area contributed by atoms with Crippen LogP contribution in [-0.4, -0.2) is 32.4 Å². The molecule has 19 heavy (non-hydrogen) atoms. The Hall–Kier alpha value is -1.73. The monoisotopic (exact) mass is 282 g/mol. The summed E-state index contributed by atoms with van der Waals surface area (Å²) in [6.07, 6.45) is 4.55. The maximum absolute atomic E-state index is 11.7. The molecule has 0 radical (unpaired) electrons. The zero-order valence-corrected chi connectivity index (χ0v) is 11.1. The van der Waals surface area contributed by atoms with Crippen molar-refractivity contribution in [3.8, 4) is 0 Å². The van der Waals surface area contributed by atoms with Gasteiger partial charge in [-0.25, -0.2) is 4.98 Å². The van der Waals surface area contributed by atoms with Crippen molar-refractivity contribution in [1.29, 1.82) is 0 Å². The van der Waals surface area contributed by atoms with Gasteiger partial charge in [-0.05, 0) is 19.4 Å². The number of unbranched alkanes of at least 4 members (excludes halogenated alkanes) is 2. The van der Waals surface area contributed by atoms with E-state index < -0.39 is 0 Å². The summed E-state index contributed by atoms with van der Waals surface area (Å²) in [6, 6.07) is 0. The first-order valence-electron chi connectivity index (χ1n) is 6.07. The molecule has 0 saturated carbocycles. The largest absolute Gasteiger partial charge is 0.341 e. The number of anilines is 1. The van der Waals surface area contributed by atoms with Crippen molar-refractivity contribution in [2.45, 2.75) is 25.7 Å². The van der Waals surface area contributed by atoms with Gasteiger partial charge in [0, 0.05) is 6.42 Å². The average molecular weight is 283 g/mol. The topological polar surface area (TPSA) is 110 Å². The van der Waals surface area contributed by atoms with E-state index in [9.17, 15) is 4.79 Å². The predicted molar refractivity (Wildman–Crippen MR) is 72.8 cm³/mol. The highest BCUT2D eigenvalue weighted by Gasteiger charge is 2.10. The highest BCUT2D eigenvalue weighted by atomic mass is 35.5. The van der Waals surface area contributed by atoms with E-state index in [4.69, 9.17) is 17.3 Å². The fraction of sp³-hybridized carbons (Fsp3) is 0.455. The number of rotatable bonds is 6. The fourth-order valence-electron chi connectivity index (χ4n) is 1.65. The highest BCUT2D eigenvalue weighted by molar-refractivity contribution is 6.33. The maximum atomic E-state index is 11.7. The lowest BCUT2D eigenvalue weighted by Crippen LogP contribution is -2.14. The van der Waals surface area contributed by atoms with Gasteiger partial charge in [-0.1, -0.05) is 18.0 Å². The average Bonchev–Trinajstić information content (AvgIpc) is 2.83. The molecule has 0 bridgehead atoms. The number of halogens is 1. The Balaban J connectivity index is 1.95. The minimum atomic E-state index is -0.136. The number of imidazole rings is 1. The summed E-state index contributed by atoms with van der Waals surface area (Å²) >= 11 is 5.95. The molecule has 8 heteroatoms. The van der Waals surface area contributed by atoms with E-state index >= 15 is 0 Å². The molecule has 0 atom stereocenters. The van der Waals surface area contributed by atoms with Crippen molar-refractivity contribution < 1.29 is 4.79 Å². The van der Waals surface area contributed by atoms with E-state index in [0.29, 0.717) is 24.1 Å². The number of aromatic nitrogens is 4. The predicted octanol–water partition coefficient (Wildman–Crippen LogP) is 1.46. The third-order valence-corrected chi connectivity index (χ3v) is 2.87. The molecule has 0 aliphatic rings. The van der Waals surface area contributed by atoms with E-state index in [1.165, 1.54) is 6.33 Å². The van der Waals surface area contributed by atoms with Gasteiger partial charge in [0.25, 0.3) is 0 Å². The highest BCUT2D eigenvalue weighted by Crippen LogP contribution is 2.18. The lowest BCUT2D eigenvalue weighted by atomic mass is 10.2. The molecule has 2 aromatic rings. The van der Waals surface area contributed by atoms with Crippen LogP contribution in [0.15, 0.2) is 6.33 Å². The number of carbonyl (C=O) groups is 1. The molecule has 2 aromatic heterocycles. The van der Waals surface area contributed by atoms with Gasteiger partial charge < -0.3 is 10.7 Å². The van der Waals surface area contributed by atoms with Crippen LogP contribution in [0, 0.1) is 0 Å². The molecule has 1 amide bonds. The maximum Gasteiger partial charge on any atom is 0.233 e. The van der Waals surface area contributed by atoms with Gasteiger partial charge >= 0.3 is 0 Å². The molecule has 0 aromatic carbocycles. The van der Waals surface area contributed by atoms with E-state index in [1.807, 2.05) is 0 Å². The second-order valence-electron chi connectivity index (χ2n) is 4.09. The molecule has 0 saturated heterocycles. The molecule has 4 N–H and O–H groups in total. The molecule has 0 aliphatic carbocycles. The molecule has 102 valence electrons. The van der Waals surface area contributed by atoms with Crippen LogP contribution < -0.4 is 11.1 Å². The molecular formula is C11H15ClN6O. The summed E-state index contributed by atoms with van der Waals surface area (Å²) in [7, 11) is 0. The van der Waals surface area contributed by atoms with Crippen molar-refractivity contribution in [2.75, 3.05) is 11.9 Å². The number of nitrogens with two attached hydrogens (primary N) is 1. The van der Waals surface area contributed by atoms with Gasteiger partial charge in [0.1, 0.15) is 5.52 Å². The minimum Gasteiger partial charge on any atom is -0.341 e. The summed E-state index contributed by atoms with van der Waals surface area (Å²) in [4.78, 5) is 26.5. The Kier molecular flexibility index (Phi) is 4.64. The molecule has 0 aliphatic heterocycles. The van der Waals surface area contributed by atoms with Gasteiger partial charge in [0.05, 0.1) is 6.33 Å². The number of fused-ring (bicyclic) bond motifs is 1. The third-order valence-electron chi connectivity index (χ3n) is 2.60. The van der Waals surface area contributed by atoms with E-state index in [0.717, 1.165) is 19.3 Å². The van der Waals surface area contributed by atoms with Crippen LogP contribution in [0.1, 0.15) is 25.7 Å². The molecular weight excluding hydrogens is 268 g/mol. The number of nitrogens with zero attached hydrogens (tertiary/aromatic N) is 3. The number of nitrogens with one attached hydrogen (secondary N) is 2. The summed E-state index contributed by atoms with van der Waals surface area (Å²) in [5, 5.41) is 2.85. The lowest BCUT2D eigenvalue weighted by molar-refractivity contribution is -0.116. The Labute approximate surface area is 115 Å². The van der Waals surface area contributed by atoms with Crippen LogP contribution in [-0.2, 0) is 4.79 Å². The zero-order chi connectivity index (χ0) is 13.7.